The van der Waals surface area contributed by atoms with Crippen LogP contribution in [0.4, 0.5) is 11.4 Å². The van der Waals surface area contributed by atoms with Gasteiger partial charge in [-0.05, 0) is 30.3 Å². The number of nitrogens with zero attached hydrogens (tertiary/aromatic N) is 1. The first-order valence-electron chi connectivity index (χ1n) is 6.43. The molecule has 0 radical (unpaired) electrons. The molecule has 0 heterocycles. The van der Waals surface area contributed by atoms with E-state index in [-0.39, 0.29) is 6.42 Å². The van der Waals surface area contributed by atoms with Crippen LogP contribution in [0.3, 0.4) is 0 Å². The number of rotatable bonds is 4. The van der Waals surface area contributed by atoms with Crippen molar-refractivity contribution >= 4 is 34.8 Å². The average Bonchev–Trinajstić information content (AvgIpc) is 2.49. The SMILES string of the molecule is N#Cc1cccc(NC(=O)CC(=O)Nc2ccccc2Cl)c1. The highest BCUT2D eigenvalue weighted by Crippen LogP contribution is 2.20. The summed E-state index contributed by atoms with van der Waals surface area (Å²) < 4.78 is 0. The van der Waals surface area contributed by atoms with E-state index in [4.69, 9.17) is 16.9 Å². The molecule has 2 rings (SSSR count). The van der Waals surface area contributed by atoms with Gasteiger partial charge in [0.2, 0.25) is 11.8 Å². The smallest absolute Gasteiger partial charge is 0.233 e. The minimum Gasteiger partial charge on any atom is -0.326 e. The van der Waals surface area contributed by atoms with Crippen LogP contribution in [0.5, 0.6) is 0 Å². The number of amides is 2. The van der Waals surface area contributed by atoms with Crippen molar-refractivity contribution in [1.29, 1.82) is 5.26 Å². The zero-order chi connectivity index (χ0) is 15.9. The van der Waals surface area contributed by atoms with Gasteiger partial charge in [0.1, 0.15) is 6.42 Å². The second-order valence-corrected chi connectivity index (χ2v) is 4.85. The average molecular weight is 314 g/mol. The van der Waals surface area contributed by atoms with Gasteiger partial charge in [-0.15, -0.1) is 0 Å². The summed E-state index contributed by atoms with van der Waals surface area (Å²) in [5, 5.41) is 14.3. The van der Waals surface area contributed by atoms with Crippen LogP contribution in [0.2, 0.25) is 5.02 Å². The predicted octanol–water partition coefficient (Wildman–Crippen LogP) is 3.18. The Morgan fingerprint density at radius 3 is 2.50 bits per heavy atom. The van der Waals surface area contributed by atoms with Crippen LogP contribution in [0.1, 0.15) is 12.0 Å². The van der Waals surface area contributed by atoms with E-state index in [1.807, 2.05) is 6.07 Å². The molecule has 0 bridgehead atoms. The normalized spacial score (nSPS) is 9.64. The van der Waals surface area contributed by atoms with Crippen molar-refractivity contribution in [2.45, 2.75) is 6.42 Å². The van der Waals surface area contributed by atoms with E-state index in [0.717, 1.165) is 0 Å². The Morgan fingerprint density at radius 1 is 1.05 bits per heavy atom. The van der Waals surface area contributed by atoms with Gasteiger partial charge >= 0.3 is 0 Å². The molecule has 0 fully saturated rings. The lowest BCUT2D eigenvalue weighted by Crippen LogP contribution is -2.21. The van der Waals surface area contributed by atoms with Crippen LogP contribution in [0, 0.1) is 11.3 Å². The summed E-state index contributed by atoms with van der Waals surface area (Å²) in [6, 6.07) is 15.2. The van der Waals surface area contributed by atoms with E-state index < -0.39 is 11.8 Å². The number of para-hydroxylation sites is 1. The molecule has 0 unspecified atom stereocenters. The largest absolute Gasteiger partial charge is 0.326 e. The molecule has 0 saturated carbocycles. The highest BCUT2D eigenvalue weighted by molar-refractivity contribution is 6.33. The molecule has 2 amide bonds. The van der Waals surface area contributed by atoms with Gasteiger partial charge in [-0.25, -0.2) is 0 Å². The zero-order valence-corrected chi connectivity index (χ0v) is 12.2. The Kier molecular flexibility index (Phi) is 5.12. The summed E-state index contributed by atoms with van der Waals surface area (Å²) in [6.07, 6.45) is -0.345. The molecular weight excluding hydrogens is 302 g/mol. The molecule has 22 heavy (non-hydrogen) atoms. The topological polar surface area (TPSA) is 82.0 Å². The molecule has 2 aromatic rings. The van der Waals surface area contributed by atoms with Crippen molar-refractivity contribution in [3.05, 3.63) is 59.1 Å². The summed E-state index contributed by atoms with van der Waals surface area (Å²) >= 11 is 5.92. The maximum Gasteiger partial charge on any atom is 0.233 e. The Bertz CT molecular complexity index is 753. The van der Waals surface area contributed by atoms with E-state index in [1.54, 1.807) is 42.5 Å². The monoisotopic (exact) mass is 313 g/mol. The molecule has 2 aromatic carbocycles. The van der Waals surface area contributed by atoms with Crippen LogP contribution < -0.4 is 10.6 Å². The molecule has 6 heteroatoms. The highest BCUT2D eigenvalue weighted by Gasteiger charge is 2.11. The Hall–Kier alpha value is -2.84. The lowest BCUT2D eigenvalue weighted by molar-refractivity contribution is -0.123. The Labute approximate surface area is 132 Å². The maximum atomic E-state index is 11.8. The third-order valence-corrected chi connectivity index (χ3v) is 3.07. The summed E-state index contributed by atoms with van der Waals surface area (Å²) in [5.74, 6) is -0.943. The van der Waals surface area contributed by atoms with E-state index >= 15 is 0 Å². The van der Waals surface area contributed by atoms with E-state index in [9.17, 15) is 9.59 Å². The molecule has 0 aliphatic rings. The summed E-state index contributed by atoms with van der Waals surface area (Å²) in [5.41, 5.74) is 1.35. The van der Waals surface area contributed by atoms with Gasteiger partial charge in [0, 0.05) is 5.69 Å². The second kappa shape index (κ2) is 7.25. The first-order chi connectivity index (χ1) is 10.6. The predicted molar refractivity (Wildman–Crippen MR) is 84.5 cm³/mol. The summed E-state index contributed by atoms with van der Waals surface area (Å²) in [6.45, 7) is 0. The molecule has 2 N–H and O–H groups in total. The summed E-state index contributed by atoms with van der Waals surface area (Å²) in [7, 11) is 0. The van der Waals surface area contributed by atoms with Gasteiger partial charge in [0.05, 0.1) is 22.3 Å². The van der Waals surface area contributed by atoms with Crippen LogP contribution in [-0.4, -0.2) is 11.8 Å². The first-order valence-corrected chi connectivity index (χ1v) is 6.80. The highest BCUT2D eigenvalue weighted by atomic mass is 35.5. The molecule has 0 spiro atoms. The molecule has 0 aromatic heterocycles. The third-order valence-electron chi connectivity index (χ3n) is 2.74. The summed E-state index contributed by atoms with van der Waals surface area (Å²) in [4.78, 5) is 23.6. The lowest BCUT2D eigenvalue weighted by Gasteiger charge is -2.08. The van der Waals surface area contributed by atoms with Crippen molar-refractivity contribution in [1.82, 2.24) is 0 Å². The fraction of sp³-hybridized carbons (Fsp3) is 0.0625. The molecule has 110 valence electrons. The fourth-order valence-corrected chi connectivity index (χ4v) is 1.96. The number of anilines is 2. The van der Waals surface area contributed by atoms with Crippen LogP contribution >= 0.6 is 11.6 Å². The van der Waals surface area contributed by atoms with Gasteiger partial charge in [-0.3, -0.25) is 9.59 Å². The van der Waals surface area contributed by atoms with Crippen LogP contribution in [-0.2, 0) is 9.59 Å². The Morgan fingerprint density at radius 2 is 1.77 bits per heavy atom. The molecule has 0 atom stereocenters. The lowest BCUT2D eigenvalue weighted by atomic mass is 10.2. The quantitative estimate of drug-likeness (QED) is 0.850. The van der Waals surface area contributed by atoms with Crippen LogP contribution in [0.15, 0.2) is 48.5 Å². The van der Waals surface area contributed by atoms with Gasteiger partial charge in [-0.1, -0.05) is 29.8 Å². The minimum absolute atomic E-state index is 0.345. The number of halogens is 1. The number of nitrogens with one attached hydrogen (secondary N) is 2. The van der Waals surface area contributed by atoms with E-state index in [0.29, 0.717) is 22.0 Å². The molecule has 0 saturated heterocycles. The van der Waals surface area contributed by atoms with Crippen molar-refractivity contribution in [3.63, 3.8) is 0 Å². The van der Waals surface area contributed by atoms with Gasteiger partial charge < -0.3 is 10.6 Å². The maximum absolute atomic E-state index is 11.8. The first kappa shape index (κ1) is 15.5. The number of carbonyl (C=O) groups is 2. The number of benzene rings is 2. The Balaban J connectivity index is 1.93. The third kappa shape index (κ3) is 4.33. The molecular formula is C16H12ClN3O2. The number of carbonyl (C=O) groups excluding carboxylic acids is 2. The molecule has 0 aliphatic carbocycles. The van der Waals surface area contributed by atoms with Crippen molar-refractivity contribution in [2.75, 3.05) is 10.6 Å². The van der Waals surface area contributed by atoms with Crippen molar-refractivity contribution < 1.29 is 9.59 Å². The molecule has 0 aliphatic heterocycles. The van der Waals surface area contributed by atoms with Crippen molar-refractivity contribution in [3.8, 4) is 6.07 Å². The van der Waals surface area contributed by atoms with Gasteiger partial charge in [-0.2, -0.15) is 5.26 Å². The van der Waals surface area contributed by atoms with Crippen molar-refractivity contribution in [2.24, 2.45) is 0 Å². The fourth-order valence-electron chi connectivity index (χ4n) is 1.77. The van der Waals surface area contributed by atoms with Gasteiger partial charge in [0.25, 0.3) is 0 Å². The van der Waals surface area contributed by atoms with Crippen LogP contribution in [0.25, 0.3) is 0 Å². The zero-order valence-electron chi connectivity index (χ0n) is 11.5. The number of hydrogen-bond donors (Lipinski definition) is 2. The second-order valence-electron chi connectivity index (χ2n) is 4.45. The van der Waals surface area contributed by atoms with Gasteiger partial charge in [0.15, 0.2) is 0 Å². The molecule has 5 nitrogen and oxygen atoms in total. The van der Waals surface area contributed by atoms with E-state index in [1.165, 1.54) is 6.07 Å². The number of nitriles is 1. The number of hydrogen-bond acceptors (Lipinski definition) is 3. The standard InChI is InChI=1S/C16H12ClN3O2/c17-13-6-1-2-7-14(13)20-16(22)9-15(21)19-12-5-3-4-11(8-12)10-18/h1-8H,9H2,(H,19,21)(H,20,22). The minimum atomic E-state index is -0.473. The van der Waals surface area contributed by atoms with E-state index in [2.05, 4.69) is 10.6 Å².